The van der Waals surface area contributed by atoms with Gasteiger partial charge in [-0.25, -0.2) is 4.83 Å². The minimum absolute atomic E-state index is 0.275. The second-order valence-corrected chi connectivity index (χ2v) is 8.98. The van der Waals surface area contributed by atoms with E-state index in [1.165, 1.54) is 25.5 Å². The Morgan fingerprint density at radius 2 is 1.66 bits per heavy atom. The summed E-state index contributed by atoms with van der Waals surface area (Å²) in [4.78, 5) is 2.60. The fourth-order valence-corrected chi connectivity index (χ4v) is 4.66. The van der Waals surface area contributed by atoms with Crippen molar-refractivity contribution < 1.29 is 13.2 Å². The van der Waals surface area contributed by atoms with Gasteiger partial charge < -0.3 is 4.74 Å². The predicted octanol–water partition coefficient (Wildman–Crippen LogP) is 5.27. The van der Waals surface area contributed by atoms with Gasteiger partial charge in [0.15, 0.2) is 0 Å². The van der Waals surface area contributed by atoms with E-state index >= 15 is 0 Å². The van der Waals surface area contributed by atoms with E-state index in [2.05, 4.69) is 16.9 Å². The summed E-state index contributed by atoms with van der Waals surface area (Å²) in [5, 5.41) is 3.98. The molecule has 0 aliphatic carbocycles. The lowest BCUT2D eigenvalue weighted by atomic mass is 10.1. The molecule has 158 valence electrons. The number of unbranched alkanes of at least 4 members (excludes halogenated alkanes) is 4. The molecule has 0 bridgehead atoms. The number of para-hydroxylation sites is 1. The Balaban J connectivity index is 2.03. The van der Waals surface area contributed by atoms with Crippen LogP contribution < -0.4 is 9.57 Å². The summed E-state index contributed by atoms with van der Waals surface area (Å²) in [6.45, 7) is 8.37. The van der Waals surface area contributed by atoms with Crippen molar-refractivity contribution >= 4 is 16.2 Å². The number of benzene rings is 2. The van der Waals surface area contributed by atoms with Crippen LogP contribution in [0.3, 0.4) is 0 Å². The molecular formula is C23H32N2O3S. The van der Waals surface area contributed by atoms with Gasteiger partial charge in [-0.05, 0) is 50.5 Å². The summed E-state index contributed by atoms with van der Waals surface area (Å²) in [7, 11) is -3.74. The zero-order chi connectivity index (χ0) is 21.3. The Labute approximate surface area is 175 Å². The zero-order valence-electron chi connectivity index (χ0n) is 17.9. The Hall–Kier alpha value is -2.34. The molecule has 2 rings (SSSR count). The average molecular weight is 417 g/mol. The molecule has 0 saturated heterocycles. The first kappa shape index (κ1) is 22.9. The highest BCUT2D eigenvalue weighted by Gasteiger charge is 2.19. The molecule has 1 N–H and O–H groups in total. The second-order valence-electron chi connectivity index (χ2n) is 7.38. The first-order valence-corrected chi connectivity index (χ1v) is 11.7. The summed E-state index contributed by atoms with van der Waals surface area (Å²) in [5.74, 6) is 0.702. The fraction of sp³-hybridized carbons (Fsp3) is 0.435. The van der Waals surface area contributed by atoms with Gasteiger partial charge in [0, 0.05) is 5.56 Å². The Kier molecular flexibility index (Phi) is 8.70. The highest BCUT2D eigenvalue weighted by molar-refractivity contribution is 7.89. The number of hydrogen-bond acceptors (Lipinski definition) is 4. The summed E-state index contributed by atoms with van der Waals surface area (Å²) in [5.41, 5.74) is 3.18. The Morgan fingerprint density at radius 3 is 2.34 bits per heavy atom. The van der Waals surface area contributed by atoms with Crippen LogP contribution in [-0.4, -0.2) is 21.2 Å². The van der Waals surface area contributed by atoms with E-state index in [-0.39, 0.29) is 4.90 Å². The maximum Gasteiger partial charge on any atom is 0.277 e. The van der Waals surface area contributed by atoms with Crippen LogP contribution in [0.2, 0.25) is 0 Å². The van der Waals surface area contributed by atoms with Crippen molar-refractivity contribution in [3.8, 4) is 5.75 Å². The second kappa shape index (κ2) is 11.0. The Bertz CT molecular complexity index is 914. The minimum Gasteiger partial charge on any atom is -0.493 e. The fourth-order valence-electron chi connectivity index (χ4n) is 3.41. The maximum absolute atomic E-state index is 12.7. The van der Waals surface area contributed by atoms with Crippen molar-refractivity contribution in [3.63, 3.8) is 0 Å². The molecular weight excluding hydrogens is 384 g/mol. The number of aryl methyl sites for hydroxylation is 3. The van der Waals surface area contributed by atoms with Gasteiger partial charge in [0.05, 0.1) is 17.7 Å². The number of hydrogen-bond donors (Lipinski definition) is 1. The quantitative estimate of drug-likeness (QED) is 0.308. The molecule has 0 amide bonds. The summed E-state index contributed by atoms with van der Waals surface area (Å²) in [6.07, 6.45) is 7.34. The van der Waals surface area contributed by atoms with E-state index in [0.717, 1.165) is 24.0 Å². The first-order chi connectivity index (χ1) is 13.8. The molecule has 0 aliphatic heterocycles. The monoisotopic (exact) mass is 416 g/mol. The molecule has 0 aliphatic rings. The molecule has 0 radical (unpaired) electrons. The standard InChI is InChI=1S/C23H32N2O3S/c1-5-6-7-8-11-14-28-22-13-10-9-12-21(22)17-24-25-29(26,27)23-19(3)15-18(2)16-20(23)4/h9-10,12-13,15-17,25H,5-8,11,14H2,1-4H3/b24-17+. The van der Waals surface area contributed by atoms with Crippen LogP contribution in [0.25, 0.3) is 0 Å². The predicted molar refractivity (Wildman–Crippen MR) is 119 cm³/mol. The van der Waals surface area contributed by atoms with Crippen molar-refractivity contribution in [3.05, 3.63) is 58.7 Å². The van der Waals surface area contributed by atoms with Crippen LogP contribution in [0.4, 0.5) is 0 Å². The van der Waals surface area contributed by atoms with Crippen molar-refractivity contribution in [1.82, 2.24) is 4.83 Å². The summed E-state index contributed by atoms with van der Waals surface area (Å²) < 4.78 is 31.3. The molecule has 2 aromatic carbocycles. The minimum atomic E-state index is -3.74. The van der Waals surface area contributed by atoms with Gasteiger partial charge >= 0.3 is 0 Å². The number of hydrazone groups is 1. The third-order valence-corrected chi connectivity index (χ3v) is 6.20. The number of ether oxygens (including phenoxy) is 1. The van der Waals surface area contributed by atoms with E-state index < -0.39 is 10.0 Å². The molecule has 6 heteroatoms. The van der Waals surface area contributed by atoms with Crippen molar-refractivity contribution in [1.29, 1.82) is 0 Å². The first-order valence-electron chi connectivity index (χ1n) is 10.2. The van der Waals surface area contributed by atoms with E-state index in [4.69, 9.17) is 4.74 Å². The lowest BCUT2D eigenvalue weighted by Crippen LogP contribution is -2.20. The van der Waals surface area contributed by atoms with Gasteiger partial charge in [0.2, 0.25) is 0 Å². The molecule has 0 fully saturated rings. The molecule has 0 unspecified atom stereocenters. The number of sulfonamides is 1. The van der Waals surface area contributed by atoms with Gasteiger partial charge in [-0.15, -0.1) is 0 Å². The van der Waals surface area contributed by atoms with E-state index in [0.29, 0.717) is 23.5 Å². The number of nitrogens with one attached hydrogen (secondary N) is 1. The normalized spacial score (nSPS) is 11.7. The van der Waals surface area contributed by atoms with Crippen LogP contribution in [0.15, 0.2) is 46.4 Å². The Morgan fingerprint density at radius 1 is 1.00 bits per heavy atom. The van der Waals surface area contributed by atoms with E-state index in [9.17, 15) is 8.42 Å². The van der Waals surface area contributed by atoms with Gasteiger partial charge in [0.1, 0.15) is 5.75 Å². The highest BCUT2D eigenvalue weighted by atomic mass is 32.2. The lowest BCUT2D eigenvalue weighted by Gasteiger charge is -2.12. The SMILES string of the molecule is CCCCCCCOc1ccccc1/C=N/NS(=O)(=O)c1c(C)cc(C)cc1C. The summed E-state index contributed by atoms with van der Waals surface area (Å²) in [6, 6.07) is 11.2. The number of nitrogens with zero attached hydrogens (tertiary/aromatic N) is 1. The topological polar surface area (TPSA) is 67.8 Å². The van der Waals surface area contributed by atoms with Crippen LogP contribution >= 0.6 is 0 Å². The lowest BCUT2D eigenvalue weighted by molar-refractivity contribution is 0.304. The molecule has 5 nitrogen and oxygen atoms in total. The molecule has 0 atom stereocenters. The van der Waals surface area contributed by atoms with Crippen LogP contribution in [-0.2, 0) is 10.0 Å². The van der Waals surface area contributed by atoms with Crippen LogP contribution in [0.5, 0.6) is 5.75 Å². The summed E-state index contributed by atoms with van der Waals surface area (Å²) >= 11 is 0. The van der Waals surface area contributed by atoms with E-state index in [1.54, 1.807) is 13.8 Å². The van der Waals surface area contributed by atoms with Crippen LogP contribution in [0, 0.1) is 20.8 Å². The van der Waals surface area contributed by atoms with Crippen molar-refractivity contribution in [2.24, 2.45) is 5.10 Å². The average Bonchev–Trinajstić information content (AvgIpc) is 2.64. The highest BCUT2D eigenvalue weighted by Crippen LogP contribution is 2.22. The zero-order valence-corrected chi connectivity index (χ0v) is 18.7. The molecule has 0 aromatic heterocycles. The molecule has 29 heavy (non-hydrogen) atoms. The maximum atomic E-state index is 12.7. The van der Waals surface area contributed by atoms with Crippen molar-refractivity contribution in [2.75, 3.05) is 6.61 Å². The molecule has 2 aromatic rings. The van der Waals surface area contributed by atoms with Gasteiger partial charge in [-0.3, -0.25) is 0 Å². The molecule has 0 spiro atoms. The number of rotatable bonds is 11. The van der Waals surface area contributed by atoms with Gasteiger partial charge in [-0.1, -0.05) is 62.4 Å². The largest absolute Gasteiger partial charge is 0.493 e. The van der Waals surface area contributed by atoms with Crippen molar-refractivity contribution in [2.45, 2.75) is 64.7 Å². The van der Waals surface area contributed by atoms with Gasteiger partial charge in [0.25, 0.3) is 10.0 Å². The molecule has 0 saturated carbocycles. The van der Waals surface area contributed by atoms with E-state index in [1.807, 2.05) is 43.3 Å². The van der Waals surface area contributed by atoms with Crippen LogP contribution in [0.1, 0.15) is 61.3 Å². The third kappa shape index (κ3) is 6.89. The smallest absolute Gasteiger partial charge is 0.277 e. The van der Waals surface area contributed by atoms with Gasteiger partial charge in [-0.2, -0.15) is 13.5 Å². The molecule has 0 heterocycles. The third-order valence-electron chi connectivity index (χ3n) is 4.67.